The van der Waals surface area contributed by atoms with E-state index in [1.54, 1.807) is 0 Å². The van der Waals surface area contributed by atoms with E-state index in [0.717, 1.165) is 44.9 Å². The molecule has 0 spiro atoms. The quantitative estimate of drug-likeness (QED) is 0.0670. The molecule has 8 nitrogen and oxygen atoms in total. The molecule has 228 valence electrons. The van der Waals surface area contributed by atoms with Crippen LogP contribution in [0.2, 0.25) is 0 Å². The van der Waals surface area contributed by atoms with Crippen molar-refractivity contribution in [3.8, 4) is 0 Å². The fourth-order valence-corrected chi connectivity index (χ4v) is 4.78. The minimum absolute atomic E-state index is 0.202. The molecule has 0 rings (SSSR count). The zero-order chi connectivity index (χ0) is 29.4. The lowest BCUT2D eigenvalue weighted by Crippen LogP contribution is -2.44. The van der Waals surface area contributed by atoms with Crippen LogP contribution < -0.4 is 0 Å². The van der Waals surface area contributed by atoms with Gasteiger partial charge in [0.25, 0.3) is 0 Å². The van der Waals surface area contributed by atoms with E-state index in [0.29, 0.717) is 19.3 Å². The van der Waals surface area contributed by atoms with Crippen LogP contribution in [0.3, 0.4) is 0 Å². The summed E-state index contributed by atoms with van der Waals surface area (Å²) in [5.74, 6) is -4.63. The van der Waals surface area contributed by atoms with Gasteiger partial charge in [-0.25, -0.2) is 4.79 Å². The fourth-order valence-electron chi connectivity index (χ4n) is 4.78. The average molecular weight is 557 g/mol. The summed E-state index contributed by atoms with van der Waals surface area (Å²) in [6.07, 6.45) is 19.2. The van der Waals surface area contributed by atoms with Crippen LogP contribution in [-0.2, 0) is 23.9 Å². The van der Waals surface area contributed by atoms with E-state index in [9.17, 15) is 29.4 Å². The molecule has 0 aromatic rings. The summed E-state index contributed by atoms with van der Waals surface area (Å²) >= 11 is 0. The van der Waals surface area contributed by atoms with Gasteiger partial charge in [0, 0.05) is 6.42 Å². The molecule has 0 aromatic carbocycles. The first-order valence-electron chi connectivity index (χ1n) is 15.6. The third kappa shape index (κ3) is 20.6. The van der Waals surface area contributed by atoms with Gasteiger partial charge in [-0.15, -0.1) is 0 Å². The number of esters is 1. The molecule has 39 heavy (non-hydrogen) atoms. The number of carboxylic acids is 2. The molecule has 3 N–H and O–H groups in total. The van der Waals surface area contributed by atoms with Gasteiger partial charge in [0.1, 0.15) is 0 Å². The summed E-state index contributed by atoms with van der Waals surface area (Å²) in [6.45, 7) is 4.35. The van der Waals surface area contributed by atoms with Crippen molar-refractivity contribution in [2.45, 2.75) is 173 Å². The Morgan fingerprint density at radius 2 is 1.03 bits per heavy atom. The highest BCUT2D eigenvalue weighted by Gasteiger charge is 2.42. The Hall–Kier alpha value is -1.96. The highest BCUT2D eigenvalue weighted by molar-refractivity contribution is 5.90. The largest absolute Gasteiger partial charge is 0.481 e. The summed E-state index contributed by atoms with van der Waals surface area (Å²) in [5.41, 5.74) is -2.77. The number of carboxylic acid groups (broad SMARTS) is 2. The van der Waals surface area contributed by atoms with Gasteiger partial charge < -0.3 is 20.1 Å². The second kappa shape index (κ2) is 23.9. The Labute approximate surface area is 236 Å². The lowest BCUT2D eigenvalue weighted by atomic mass is 9.95. The summed E-state index contributed by atoms with van der Waals surface area (Å²) in [4.78, 5) is 47.6. The number of hydrogen-bond acceptors (Lipinski definition) is 6. The molecule has 0 fully saturated rings. The summed E-state index contributed by atoms with van der Waals surface area (Å²) in [5, 5.41) is 28.3. The Morgan fingerprint density at radius 1 is 0.615 bits per heavy atom. The molecule has 0 aliphatic carbocycles. The van der Waals surface area contributed by atoms with Crippen molar-refractivity contribution in [3.05, 3.63) is 0 Å². The third-order valence-electron chi connectivity index (χ3n) is 7.26. The molecule has 0 saturated carbocycles. The van der Waals surface area contributed by atoms with Crippen LogP contribution in [0, 0.1) is 0 Å². The number of ether oxygens (including phenoxy) is 1. The van der Waals surface area contributed by atoms with Crippen molar-refractivity contribution >= 4 is 23.7 Å². The lowest BCUT2D eigenvalue weighted by Gasteiger charge is -2.22. The van der Waals surface area contributed by atoms with Crippen LogP contribution in [0.4, 0.5) is 0 Å². The normalized spacial score (nSPS) is 13.5. The third-order valence-corrected chi connectivity index (χ3v) is 7.26. The first-order valence-corrected chi connectivity index (χ1v) is 15.6. The molecule has 0 bridgehead atoms. The molecule has 0 radical (unpaired) electrons. The van der Waals surface area contributed by atoms with Gasteiger partial charge in [0.05, 0.1) is 12.8 Å². The first-order chi connectivity index (χ1) is 18.7. The predicted molar refractivity (Wildman–Crippen MR) is 153 cm³/mol. The minimum atomic E-state index is -2.77. The molecule has 0 saturated heterocycles. The van der Waals surface area contributed by atoms with Crippen molar-refractivity contribution in [2.75, 3.05) is 0 Å². The molecule has 0 aliphatic heterocycles. The molecule has 0 aliphatic rings. The Balaban J connectivity index is 4.49. The summed E-state index contributed by atoms with van der Waals surface area (Å²) in [7, 11) is 0. The van der Waals surface area contributed by atoms with E-state index < -0.39 is 42.5 Å². The molecule has 2 unspecified atom stereocenters. The Morgan fingerprint density at radius 3 is 1.44 bits per heavy atom. The van der Waals surface area contributed by atoms with Crippen LogP contribution in [0.15, 0.2) is 0 Å². The summed E-state index contributed by atoms with van der Waals surface area (Å²) < 4.78 is 5.33. The van der Waals surface area contributed by atoms with Crippen LogP contribution in [-0.4, -0.2) is 50.7 Å². The van der Waals surface area contributed by atoms with Crippen molar-refractivity contribution < 1.29 is 39.2 Å². The van der Waals surface area contributed by atoms with Crippen molar-refractivity contribution in [1.29, 1.82) is 0 Å². The van der Waals surface area contributed by atoms with E-state index in [2.05, 4.69) is 13.8 Å². The first kappa shape index (κ1) is 37.0. The van der Waals surface area contributed by atoms with Gasteiger partial charge in [0.2, 0.25) is 0 Å². The number of ketones is 1. The molecular formula is C31H56O8. The number of rotatable bonds is 28. The number of aliphatic carboxylic acids is 2. The number of unbranched alkanes of at least 4 members (excludes halogenated alkanes) is 17. The standard InChI is InChI=1S/C31H56O8/c1-3-5-7-9-10-11-12-13-14-15-16-17-19-21-23-27(26(32)22-20-18-8-6-4-2)39-29(35)25-31(38,30(36)37)24-28(33)34/h27,38H,3-25H2,1-2H3,(H,33,34)(H,36,37). The second-order valence-electron chi connectivity index (χ2n) is 11.1. The smallest absolute Gasteiger partial charge is 0.336 e. The van der Waals surface area contributed by atoms with Crippen molar-refractivity contribution in [3.63, 3.8) is 0 Å². The topological polar surface area (TPSA) is 138 Å². The van der Waals surface area contributed by atoms with Crippen LogP contribution in [0.5, 0.6) is 0 Å². The van der Waals surface area contributed by atoms with E-state index in [4.69, 9.17) is 9.84 Å². The maximum Gasteiger partial charge on any atom is 0.336 e. The zero-order valence-corrected chi connectivity index (χ0v) is 24.7. The Kier molecular flexibility index (Phi) is 22.7. The van der Waals surface area contributed by atoms with Crippen molar-refractivity contribution in [2.24, 2.45) is 0 Å². The Bertz CT molecular complexity index is 678. The van der Waals surface area contributed by atoms with Crippen LogP contribution in [0.1, 0.15) is 162 Å². The maximum atomic E-state index is 12.8. The van der Waals surface area contributed by atoms with E-state index >= 15 is 0 Å². The highest BCUT2D eigenvalue weighted by Crippen LogP contribution is 2.20. The summed E-state index contributed by atoms with van der Waals surface area (Å²) in [6, 6.07) is 0. The van der Waals surface area contributed by atoms with E-state index in [-0.39, 0.29) is 12.2 Å². The number of aliphatic hydroxyl groups is 1. The van der Waals surface area contributed by atoms with Crippen LogP contribution >= 0.6 is 0 Å². The number of carbonyl (C=O) groups is 4. The number of Topliss-reactive ketones (excluding diaryl/α,β-unsaturated/α-hetero) is 1. The van der Waals surface area contributed by atoms with Gasteiger partial charge in [-0.2, -0.15) is 0 Å². The SMILES string of the molecule is CCCCCCCCCCCCCCCCC(OC(=O)CC(O)(CC(=O)O)C(=O)O)C(=O)CCCCCCC. The predicted octanol–water partition coefficient (Wildman–Crippen LogP) is 7.38. The van der Waals surface area contributed by atoms with Crippen molar-refractivity contribution in [1.82, 2.24) is 0 Å². The van der Waals surface area contributed by atoms with Gasteiger partial charge in [-0.05, 0) is 19.3 Å². The van der Waals surface area contributed by atoms with Gasteiger partial charge in [-0.1, -0.05) is 123 Å². The molecule has 8 heteroatoms. The molecule has 0 heterocycles. The van der Waals surface area contributed by atoms with Gasteiger partial charge >= 0.3 is 17.9 Å². The molecule has 0 aromatic heterocycles. The second-order valence-corrected chi connectivity index (χ2v) is 11.1. The molecule has 0 amide bonds. The lowest BCUT2D eigenvalue weighted by molar-refractivity contribution is -0.174. The fraction of sp³-hybridized carbons (Fsp3) is 0.871. The van der Waals surface area contributed by atoms with Gasteiger partial charge in [-0.3, -0.25) is 14.4 Å². The average Bonchev–Trinajstić information content (AvgIpc) is 2.87. The van der Waals surface area contributed by atoms with Gasteiger partial charge in [0.15, 0.2) is 17.5 Å². The van der Waals surface area contributed by atoms with Crippen LogP contribution in [0.25, 0.3) is 0 Å². The zero-order valence-electron chi connectivity index (χ0n) is 24.7. The molecular weight excluding hydrogens is 500 g/mol. The monoisotopic (exact) mass is 556 g/mol. The minimum Gasteiger partial charge on any atom is -0.481 e. The number of carbonyl (C=O) groups excluding carboxylic acids is 2. The van der Waals surface area contributed by atoms with E-state index in [1.807, 2.05) is 0 Å². The molecule has 2 atom stereocenters. The highest BCUT2D eigenvalue weighted by atomic mass is 16.5. The maximum absolute atomic E-state index is 12.8. The van der Waals surface area contributed by atoms with E-state index in [1.165, 1.54) is 64.2 Å². The number of hydrogen-bond donors (Lipinski definition) is 3.